The fourth-order valence-electron chi connectivity index (χ4n) is 2.87. The molecule has 8 heteroatoms. The van der Waals surface area contributed by atoms with Crippen molar-refractivity contribution in [2.24, 2.45) is 12.8 Å². The molecule has 1 aromatic heterocycles. The monoisotopic (exact) mass is 385 g/mol. The van der Waals surface area contributed by atoms with Gasteiger partial charge in [-0.15, -0.1) is 24.8 Å². The third-order valence-electron chi connectivity index (χ3n) is 4.35. The Morgan fingerprint density at radius 1 is 1.12 bits per heavy atom. The second kappa shape index (κ2) is 9.08. The van der Waals surface area contributed by atoms with Crippen molar-refractivity contribution in [3.05, 3.63) is 47.8 Å². The molecule has 1 aliphatic heterocycles. The van der Waals surface area contributed by atoms with E-state index in [1.165, 1.54) is 5.56 Å². The van der Waals surface area contributed by atoms with E-state index in [2.05, 4.69) is 10.00 Å². The fraction of sp³-hybridized carbons (Fsp3) is 0.412. The second-order valence-corrected chi connectivity index (χ2v) is 6.07. The van der Waals surface area contributed by atoms with Gasteiger partial charge in [-0.2, -0.15) is 5.10 Å². The highest BCUT2D eigenvalue weighted by Gasteiger charge is 2.26. The molecule has 6 nitrogen and oxygen atoms in total. The van der Waals surface area contributed by atoms with Gasteiger partial charge in [0.15, 0.2) is 0 Å². The first-order chi connectivity index (χ1) is 11.0. The zero-order valence-electron chi connectivity index (χ0n) is 14.5. The summed E-state index contributed by atoms with van der Waals surface area (Å²) in [7, 11) is 1.91. The van der Waals surface area contributed by atoms with Crippen LogP contribution < -0.4 is 10.6 Å². The van der Waals surface area contributed by atoms with Crippen LogP contribution in [0.25, 0.3) is 0 Å². The molecule has 1 atom stereocenters. The molecule has 1 saturated heterocycles. The number of hydrogen-bond acceptors (Lipinski definition) is 4. The van der Waals surface area contributed by atoms with Gasteiger partial charge in [-0.25, -0.2) is 0 Å². The Morgan fingerprint density at radius 3 is 2.24 bits per heavy atom. The van der Waals surface area contributed by atoms with E-state index in [1.807, 2.05) is 55.5 Å². The minimum atomic E-state index is -0.583. The molecule has 0 aliphatic carbocycles. The van der Waals surface area contributed by atoms with Crippen LogP contribution in [0, 0.1) is 6.92 Å². The number of rotatable bonds is 3. The van der Waals surface area contributed by atoms with Crippen molar-refractivity contribution in [2.75, 3.05) is 31.1 Å². The number of benzene rings is 1. The molecule has 0 bridgehead atoms. The number of anilines is 1. The fourth-order valence-corrected chi connectivity index (χ4v) is 2.87. The summed E-state index contributed by atoms with van der Waals surface area (Å²) in [5.74, 6) is -0.000287. The minimum Gasteiger partial charge on any atom is -0.365 e. The molecule has 1 aliphatic rings. The highest BCUT2D eigenvalue weighted by atomic mass is 35.5. The quantitative estimate of drug-likeness (QED) is 0.875. The number of nitrogens with two attached hydrogens (primary N) is 1. The van der Waals surface area contributed by atoms with Crippen LogP contribution in [0.5, 0.6) is 0 Å². The van der Waals surface area contributed by atoms with Gasteiger partial charge in [0.2, 0.25) is 5.91 Å². The summed E-state index contributed by atoms with van der Waals surface area (Å²) in [5, 5.41) is 4.20. The zero-order chi connectivity index (χ0) is 16.4. The largest absolute Gasteiger partial charge is 0.365 e. The van der Waals surface area contributed by atoms with Gasteiger partial charge in [0.05, 0.1) is 11.9 Å². The molecule has 1 fully saturated rings. The summed E-state index contributed by atoms with van der Waals surface area (Å²) in [4.78, 5) is 16.7. The van der Waals surface area contributed by atoms with Crippen molar-refractivity contribution in [1.29, 1.82) is 0 Å². The second-order valence-electron chi connectivity index (χ2n) is 6.07. The Hall–Kier alpha value is -1.76. The number of piperazine rings is 1. The molecule has 3 rings (SSSR count). The van der Waals surface area contributed by atoms with Gasteiger partial charge in [0, 0.05) is 39.4 Å². The number of amides is 1. The molecule has 2 heterocycles. The molecule has 1 aromatic carbocycles. The number of carbonyl (C=O) groups is 1. The van der Waals surface area contributed by atoms with E-state index in [4.69, 9.17) is 5.73 Å². The summed E-state index contributed by atoms with van der Waals surface area (Å²) in [6, 6.07) is 7.26. The van der Waals surface area contributed by atoms with Crippen molar-refractivity contribution >= 4 is 36.4 Å². The van der Waals surface area contributed by atoms with Crippen molar-refractivity contribution in [3.63, 3.8) is 0 Å². The van der Waals surface area contributed by atoms with Crippen LogP contribution in [0.1, 0.15) is 17.2 Å². The predicted octanol–water partition coefficient (Wildman–Crippen LogP) is 1.92. The molecular formula is C17H25Cl2N5O. The third kappa shape index (κ3) is 4.87. The molecule has 1 unspecified atom stereocenters. The van der Waals surface area contributed by atoms with Crippen LogP contribution in [0.2, 0.25) is 0 Å². The highest BCUT2D eigenvalue weighted by molar-refractivity contribution is 5.85. The minimum absolute atomic E-state index is 0. The Bertz CT molecular complexity index is 681. The van der Waals surface area contributed by atoms with E-state index in [1.54, 1.807) is 4.68 Å². The number of nitrogens with zero attached hydrogens (tertiary/aromatic N) is 4. The van der Waals surface area contributed by atoms with E-state index in [9.17, 15) is 4.79 Å². The number of halogens is 2. The van der Waals surface area contributed by atoms with Crippen LogP contribution in [0.4, 0.5) is 5.69 Å². The van der Waals surface area contributed by atoms with E-state index >= 15 is 0 Å². The lowest BCUT2D eigenvalue weighted by atomic mass is 10.0. The Kier molecular flexibility index (Phi) is 7.73. The average Bonchev–Trinajstić information content (AvgIpc) is 3.01. The first-order valence-corrected chi connectivity index (χ1v) is 7.89. The van der Waals surface area contributed by atoms with Crippen molar-refractivity contribution in [3.8, 4) is 0 Å². The first-order valence-electron chi connectivity index (χ1n) is 7.89. The maximum atomic E-state index is 12.6. The first kappa shape index (κ1) is 21.3. The van der Waals surface area contributed by atoms with Crippen LogP contribution in [0.3, 0.4) is 0 Å². The van der Waals surface area contributed by atoms with Gasteiger partial charge < -0.3 is 15.5 Å². The van der Waals surface area contributed by atoms with Gasteiger partial charge >= 0.3 is 0 Å². The molecule has 0 saturated carbocycles. The third-order valence-corrected chi connectivity index (χ3v) is 4.35. The lowest BCUT2D eigenvalue weighted by molar-refractivity contribution is -0.133. The van der Waals surface area contributed by atoms with Crippen LogP contribution in [-0.2, 0) is 11.8 Å². The maximum Gasteiger partial charge on any atom is 0.244 e. The van der Waals surface area contributed by atoms with E-state index in [0.717, 1.165) is 24.3 Å². The maximum absolute atomic E-state index is 12.6. The summed E-state index contributed by atoms with van der Waals surface area (Å²) in [6.45, 7) is 5.01. The summed E-state index contributed by atoms with van der Waals surface area (Å²) >= 11 is 0. The molecule has 1 amide bonds. The van der Waals surface area contributed by atoms with Crippen LogP contribution in [-0.4, -0.2) is 46.8 Å². The smallest absolute Gasteiger partial charge is 0.244 e. The van der Waals surface area contributed by atoms with E-state index in [-0.39, 0.29) is 30.7 Å². The lowest BCUT2D eigenvalue weighted by Crippen LogP contribution is -2.51. The standard InChI is InChI=1S/C17H23N5O.2ClH/c1-13-3-5-14(6-4-13)16(18)17(23)22-9-7-21(8-10-22)15-11-19-20(2)12-15;;/h3-6,11-12,16H,7-10,18H2,1-2H3;2*1H. The number of hydrogen-bond donors (Lipinski definition) is 1. The Morgan fingerprint density at radius 2 is 1.72 bits per heavy atom. The van der Waals surface area contributed by atoms with Crippen LogP contribution in [0.15, 0.2) is 36.7 Å². The normalized spacial score (nSPS) is 15.2. The average molecular weight is 386 g/mol. The Balaban J connectivity index is 0.00000156. The Labute approximate surface area is 160 Å². The van der Waals surface area contributed by atoms with Crippen molar-refractivity contribution in [1.82, 2.24) is 14.7 Å². The molecule has 138 valence electrons. The van der Waals surface area contributed by atoms with E-state index < -0.39 is 6.04 Å². The molecule has 0 spiro atoms. The predicted molar refractivity (Wildman–Crippen MR) is 105 cm³/mol. The highest BCUT2D eigenvalue weighted by Crippen LogP contribution is 2.18. The number of aryl methyl sites for hydroxylation is 2. The molecular weight excluding hydrogens is 361 g/mol. The van der Waals surface area contributed by atoms with Gasteiger partial charge in [-0.05, 0) is 12.5 Å². The van der Waals surface area contributed by atoms with Gasteiger partial charge in [0.25, 0.3) is 0 Å². The molecule has 25 heavy (non-hydrogen) atoms. The summed E-state index contributed by atoms with van der Waals surface area (Å²) in [5.41, 5.74) is 9.29. The van der Waals surface area contributed by atoms with Crippen LogP contribution >= 0.6 is 24.8 Å². The summed E-state index contributed by atoms with van der Waals surface area (Å²) < 4.78 is 1.79. The molecule has 2 aromatic rings. The molecule has 0 radical (unpaired) electrons. The van der Waals surface area contributed by atoms with Gasteiger partial charge in [-0.1, -0.05) is 29.8 Å². The van der Waals surface area contributed by atoms with E-state index in [0.29, 0.717) is 13.1 Å². The lowest BCUT2D eigenvalue weighted by Gasteiger charge is -2.36. The topological polar surface area (TPSA) is 67.4 Å². The van der Waals surface area contributed by atoms with Crippen molar-refractivity contribution < 1.29 is 4.79 Å². The van der Waals surface area contributed by atoms with Crippen molar-refractivity contribution in [2.45, 2.75) is 13.0 Å². The van der Waals surface area contributed by atoms with Gasteiger partial charge in [-0.3, -0.25) is 9.48 Å². The summed E-state index contributed by atoms with van der Waals surface area (Å²) in [6.07, 6.45) is 3.85. The van der Waals surface area contributed by atoms with Gasteiger partial charge in [0.1, 0.15) is 6.04 Å². The SMILES string of the molecule is Cc1ccc(C(N)C(=O)N2CCN(c3cnn(C)c3)CC2)cc1.Cl.Cl. The zero-order valence-corrected chi connectivity index (χ0v) is 16.1. The number of aromatic nitrogens is 2. The number of carbonyl (C=O) groups excluding carboxylic acids is 1. The molecule has 2 N–H and O–H groups in total.